The second kappa shape index (κ2) is 10.2. The van der Waals surface area contributed by atoms with Crippen LogP contribution in [0.1, 0.15) is 34.3 Å². The van der Waals surface area contributed by atoms with Gasteiger partial charge in [0.1, 0.15) is 11.5 Å². The van der Waals surface area contributed by atoms with Crippen LogP contribution in [0.2, 0.25) is 0 Å². The van der Waals surface area contributed by atoms with Gasteiger partial charge >= 0.3 is 6.03 Å². The first-order valence-electron chi connectivity index (χ1n) is 10.5. The maximum Gasteiger partial charge on any atom is 0.321 e. The highest BCUT2D eigenvalue weighted by atomic mass is 16.5. The number of carbonyl (C=O) groups is 2. The van der Waals surface area contributed by atoms with Crippen molar-refractivity contribution in [3.63, 3.8) is 0 Å². The van der Waals surface area contributed by atoms with Gasteiger partial charge in [-0.15, -0.1) is 0 Å². The summed E-state index contributed by atoms with van der Waals surface area (Å²) in [5.41, 5.74) is 3.44. The molecule has 0 aliphatic carbocycles. The third-order valence-electron chi connectivity index (χ3n) is 5.68. The highest BCUT2D eigenvalue weighted by Crippen LogP contribution is 2.24. The molecular weight excluding hydrogens is 394 g/mol. The molecule has 0 spiro atoms. The van der Waals surface area contributed by atoms with Crippen LogP contribution in [0.4, 0.5) is 10.5 Å². The standard InChI is InChI=1S/C24H31N3O4/c1-16-7-5-8-17(2)22(16)26-24(29)27-10-6-9-18(15-27)14-25-23(28)19-11-20(30-3)13-21(12-19)31-4/h5,7-8,11-13,18H,6,9-10,14-15H2,1-4H3,(H,25,28)(H,26,29). The molecule has 1 aliphatic heterocycles. The van der Waals surface area contributed by atoms with Crippen LogP contribution in [0.25, 0.3) is 0 Å². The van der Waals surface area contributed by atoms with E-state index in [1.807, 2.05) is 36.9 Å². The molecule has 1 aliphatic rings. The smallest absolute Gasteiger partial charge is 0.321 e. The Kier molecular flexibility index (Phi) is 7.39. The first-order valence-corrected chi connectivity index (χ1v) is 10.5. The first-order chi connectivity index (χ1) is 14.9. The first kappa shape index (κ1) is 22.5. The molecule has 3 rings (SSSR count). The summed E-state index contributed by atoms with van der Waals surface area (Å²) >= 11 is 0. The molecule has 31 heavy (non-hydrogen) atoms. The summed E-state index contributed by atoms with van der Waals surface area (Å²) in [6.07, 6.45) is 1.88. The fourth-order valence-corrected chi connectivity index (χ4v) is 3.89. The number of aryl methyl sites for hydroxylation is 2. The van der Waals surface area contributed by atoms with Crippen LogP contribution in [0.5, 0.6) is 11.5 Å². The number of urea groups is 1. The van der Waals surface area contributed by atoms with Crippen LogP contribution in [-0.2, 0) is 0 Å². The van der Waals surface area contributed by atoms with E-state index in [-0.39, 0.29) is 17.9 Å². The number of para-hydroxylation sites is 1. The monoisotopic (exact) mass is 425 g/mol. The van der Waals surface area contributed by atoms with Gasteiger partial charge < -0.3 is 25.0 Å². The van der Waals surface area contributed by atoms with Crippen molar-refractivity contribution in [2.75, 3.05) is 39.2 Å². The number of ether oxygens (including phenoxy) is 2. The number of likely N-dealkylation sites (tertiary alicyclic amines) is 1. The van der Waals surface area contributed by atoms with Crippen molar-refractivity contribution >= 4 is 17.6 Å². The summed E-state index contributed by atoms with van der Waals surface area (Å²) in [4.78, 5) is 27.3. The van der Waals surface area contributed by atoms with Gasteiger partial charge in [-0.1, -0.05) is 18.2 Å². The molecule has 1 fully saturated rings. The van der Waals surface area contributed by atoms with Crippen molar-refractivity contribution in [2.45, 2.75) is 26.7 Å². The molecular formula is C24H31N3O4. The lowest BCUT2D eigenvalue weighted by molar-refractivity contribution is 0.0938. The number of anilines is 1. The summed E-state index contributed by atoms with van der Waals surface area (Å²) < 4.78 is 10.5. The number of amides is 3. The van der Waals surface area contributed by atoms with E-state index < -0.39 is 0 Å². The Bertz CT molecular complexity index is 902. The fraction of sp³-hybridized carbons (Fsp3) is 0.417. The van der Waals surface area contributed by atoms with Gasteiger partial charge in [-0.05, 0) is 55.9 Å². The van der Waals surface area contributed by atoms with E-state index in [0.717, 1.165) is 29.7 Å². The highest BCUT2D eigenvalue weighted by molar-refractivity contribution is 5.95. The Hall–Kier alpha value is -3.22. The van der Waals surface area contributed by atoms with Gasteiger partial charge in [-0.25, -0.2) is 4.79 Å². The Balaban J connectivity index is 1.57. The number of rotatable bonds is 6. The quantitative estimate of drug-likeness (QED) is 0.733. The average molecular weight is 426 g/mol. The third-order valence-corrected chi connectivity index (χ3v) is 5.68. The molecule has 1 atom stereocenters. The van der Waals surface area contributed by atoms with Gasteiger partial charge in [-0.2, -0.15) is 0 Å². The number of nitrogens with one attached hydrogen (secondary N) is 2. The van der Waals surface area contributed by atoms with E-state index in [1.165, 1.54) is 0 Å². The largest absolute Gasteiger partial charge is 0.497 e. The molecule has 1 heterocycles. The predicted molar refractivity (Wildman–Crippen MR) is 121 cm³/mol. The lowest BCUT2D eigenvalue weighted by atomic mass is 9.98. The van der Waals surface area contributed by atoms with Crippen LogP contribution in [0.3, 0.4) is 0 Å². The zero-order chi connectivity index (χ0) is 22.4. The lowest BCUT2D eigenvalue weighted by Gasteiger charge is -2.33. The molecule has 166 valence electrons. The molecule has 2 N–H and O–H groups in total. The number of nitrogens with zero attached hydrogens (tertiary/aromatic N) is 1. The lowest BCUT2D eigenvalue weighted by Crippen LogP contribution is -2.45. The van der Waals surface area contributed by atoms with Crippen molar-refractivity contribution in [3.05, 3.63) is 53.1 Å². The molecule has 1 saturated heterocycles. The fourth-order valence-electron chi connectivity index (χ4n) is 3.89. The normalized spacial score (nSPS) is 15.9. The van der Waals surface area contributed by atoms with E-state index in [9.17, 15) is 9.59 Å². The minimum atomic E-state index is -0.186. The summed E-state index contributed by atoms with van der Waals surface area (Å²) in [5, 5.41) is 6.05. The zero-order valence-electron chi connectivity index (χ0n) is 18.7. The minimum Gasteiger partial charge on any atom is -0.497 e. The van der Waals surface area contributed by atoms with Crippen molar-refractivity contribution < 1.29 is 19.1 Å². The maximum absolute atomic E-state index is 12.8. The van der Waals surface area contributed by atoms with Crippen molar-refractivity contribution in [3.8, 4) is 11.5 Å². The van der Waals surface area contributed by atoms with Crippen LogP contribution in [-0.4, -0.2) is 50.7 Å². The minimum absolute atomic E-state index is 0.0917. The number of methoxy groups -OCH3 is 2. The Morgan fingerprint density at radius 2 is 1.71 bits per heavy atom. The molecule has 0 saturated carbocycles. The number of benzene rings is 2. The Morgan fingerprint density at radius 3 is 2.32 bits per heavy atom. The highest BCUT2D eigenvalue weighted by Gasteiger charge is 2.25. The van der Waals surface area contributed by atoms with Crippen LogP contribution in [0, 0.1) is 19.8 Å². The van der Waals surface area contributed by atoms with E-state index >= 15 is 0 Å². The molecule has 1 unspecified atom stereocenters. The van der Waals surface area contributed by atoms with Crippen LogP contribution in [0.15, 0.2) is 36.4 Å². The number of piperidine rings is 1. The molecule has 0 radical (unpaired) electrons. The topological polar surface area (TPSA) is 79.9 Å². The average Bonchev–Trinajstić information content (AvgIpc) is 2.79. The van der Waals surface area contributed by atoms with E-state index in [4.69, 9.17) is 9.47 Å². The molecule has 2 aromatic carbocycles. The number of hydrogen-bond acceptors (Lipinski definition) is 4. The molecule has 2 aromatic rings. The zero-order valence-corrected chi connectivity index (χ0v) is 18.7. The van der Waals surface area contributed by atoms with Gasteiger partial charge in [0, 0.05) is 37.0 Å². The van der Waals surface area contributed by atoms with E-state index in [2.05, 4.69) is 10.6 Å². The van der Waals surface area contributed by atoms with Gasteiger partial charge in [0.25, 0.3) is 5.91 Å². The molecule has 3 amide bonds. The second-order valence-electron chi connectivity index (χ2n) is 7.96. The van der Waals surface area contributed by atoms with E-state index in [1.54, 1.807) is 32.4 Å². The van der Waals surface area contributed by atoms with Crippen molar-refractivity contribution in [1.82, 2.24) is 10.2 Å². The van der Waals surface area contributed by atoms with Gasteiger partial charge in [0.15, 0.2) is 0 Å². The summed E-state index contributed by atoms with van der Waals surface area (Å²) in [5.74, 6) is 1.15. The Labute approximate surface area is 183 Å². The molecule has 7 heteroatoms. The van der Waals surface area contributed by atoms with Gasteiger partial charge in [0.2, 0.25) is 0 Å². The maximum atomic E-state index is 12.8. The van der Waals surface area contributed by atoms with Crippen molar-refractivity contribution in [1.29, 1.82) is 0 Å². The summed E-state index contributed by atoms with van der Waals surface area (Å²) in [7, 11) is 3.10. The third kappa shape index (κ3) is 5.69. The van der Waals surface area contributed by atoms with Gasteiger partial charge in [0.05, 0.1) is 14.2 Å². The summed E-state index contributed by atoms with van der Waals surface area (Å²) in [6, 6.07) is 11.0. The molecule has 7 nitrogen and oxygen atoms in total. The van der Waals surface area contributed by atoms with Crippen LogP contribution >= 0.6 is 0 Å². The van der Waals surface area contributed by atoms with Gasteiger partial charge in [-0.3, -0.25) is 4.79 Å². The molecule has 0 bridgehead atoms. The Morgan fingerprint density at radius 1 is 1.06 bits per heavy atom. The second-order valence-corrected chi connectivity index (χ2v) is 7.96. The predicted octanol–water partition coefficient (Wildman–Crippen LogP) is 3.99. The summed E-state index contributed by atoms with van der Waals surface area (Å²) in [6.45, 7) is 5.81. The van der Waals surface area contributed by atoms with E-state index in [0.29, 0.717) is 36.7 Å². The van der Waals surface area contributed by atoms with Crippen LogP contribution < -0.4 is 20.1 Å². The number of hydrogen-bond donors (Lipinski definition) is 2. The van der Waals surface area contributed by atoms with Crippen molar-refractivity contribution in [2.24, 2.45) is 5.92 Å². The number of carbonyl (C=O) groups excluding carboxylic acids is 2. The molecule has 0 aromatic heterocycles. The SMILES string of the molecule is COc1cc(OC)cc(C(=O)NCC2CCCN(C(=O)Nc3c(C)cccc3C)C2)c1.